The van der Waals surface area contributed by atoms with Crippen molar-refractivity contribution in [2.75, 3.05) is 32.7 Å². The normalized spacial score (nSPS) is 18.6. The van der Waals surface area contributed by atoms with Gasteiger partial charge in [0.1, 0.15) is 0 Å². The number of nitrogens with one attached hydrogen (secondary N) is 2. The average molecular weight is 506 g/mol. The fourth-order valence-corrected chi connectivity index (χ4v) is 4.83. The molecule has 0 bridgehead atoms. The van der Waals surface area contributed by atoms with E-state index in [1.807, 2.05) is 0 Å². The number of piperidine rings is 1. The van der Waals surface area contributed by atoms with Crippen molar-refractivity contribution in [1.29, 1.82) is 0 Å². The molecule has 0 aromatic heterocycles. The quantitative estimate of drug-likeness (QED) is 0.443. The Labute approximate surface area is 202 Å². The lowest BCUT2D eigenvalue weighted by Crippen LogP contribution is -2.41. The first-order valence-electron chi connectivity index (χ1n) is 12.1. The molecule has 4 nitrogen and oxygen atoms in total. The molecule has 1 aliphatic carbocycles. The first kappa shape index (κ1) is 27.4. The van der Waals surface area contributed by atoms with Crippen LogP contribution in [-0.4, -0.2) is 43.5 Å². The third kappa shape index (κ3) is 8.44. The molecule has 1 saturated carbocycles. The smallest absolute Gasteiger partial charge is 0.387 e. The Kier molecular flexibility index (Phi) is 9.12. The highest BCUT2D eigenvalue weighted by atomic mass is 19.4. The third-order valence-corrected chi connectivity index (χ3v) is 6.94. The lowest BCUT2D eigenvalue weighted by atomic mass is 9.96. The molecule has 1 saturated heterocycles. The molecule has 0 radical (unpaired) electrons. The highest BCUT2D eigenvalue weighted by molar-refractivity contribution is 5.78. The van der Waals surface area contributed by atoms with Crippen molar-refractivity contribution in [3.8, 4) is 0 Å². The molecule has 1 heterocycles. The first-order chi connectivity index (χ1) is 16.4. The van der Waals surface area contributed by atoms with Crippen molar-refractivity contribution in [3.05, 3.63) is 47.2 Å². The summed E-state index contributed by atoms with van der Waals surface area (Å²) in [5.74, 6) is 0.221. The Balaban J connectivity index is 1.40. The number of carbonyl (C=O) groups excluding carboxylic acids is 1. The number of alkyl halides is 6. The maximum absolute atomic E-state index is 13.0. The van der Waals surface area contributed by atoms with Gasteiger partial charge in [0, 0.05) is 25.3 Å². The molecule has 1 amide bonds. The number of amides is 1. The molecule has 2 N–H and O–H groups in total. The Morgan fingerprint density at radius 1 is 0.914 bits per heavy atom. The van der Waals surface area contributed by atoms with Crippen LogP contribution in [-0.2, 0) is 23.6 Å². The summed E-state index contributed by atoms with van der Waals surface area (Å²) in [7, 11) is 0. The van der Waals surface area contributed by atoms with E-state index in [0.29, 0.717) is 24.6 Å². The largest absolute Gasteiger partial charge is 0.416 e. The van der Waals surface area contributed by atoms with E-state index in [-0.39, 0.29) is 17.5 Å². The summed E-state index contributed by atoms with van der Waals surface area (Å²) < 4.78 is 78.0. The molecule has 0 atom stereocenters. The maximum atomic E-state index is 13.0. The second-order valence-electron chi connectivity index (χ2n) is 9.61. The van der Waals surface area contributed by atoms with Crippen LogP contribution in [0.5, 0.6) is 0 Å². The lowest BCUT2D eigenvalue weighted by Gasteiger charge is -2.32. The number of allylic oxidation sites excluding steroid dienone is 1. The Morgan fingerprint density at radius 2 is 1.49 bits per heavy atom. The van der Waals surface area contributed by atoms with Crippen LogP contribution >= 0.6 is 0 Å². The van der Waals surface area contributed by atoms with E-state index in [0.717, 1.165) is 44.7 Å². The molecule has 2 fully saturated rings. The molecular formula is C25H33F6N3O. The van der Waals surface area contributed by atoms with Crippen molar-refractivity contribution in [3.63, 3.8) is 0 Å². The van der Waals surface area contributed by atoms with Gasteiger partial charge >= 0.3 is 12.4 Å². The van der Waals surface area contributed by atoms with Gasteiger partial charge in [-0.3, -0.25) is 4.79 Å². The Bertz CT molecular complexity index is 837. The number of halogens is 6. The first-order valence-corrected chi connectivity index (χ1v) is 12.1. The average Bonchev–Trinajstić information content (AvgIpc) is 3.32. The molecule has 1 aromatic carbocycles. The predicted octanol–water partition coefficient (Wildman–Crippen LogP) is 5.39. The van der Waals surface area contributed by atoms with Gasteiger partial charge in [-0.05, 0) is 74.4 Å². The van der Waals surface area contributed by atoms with Crippen LogP contribution in [0.25, 0.3) is 0 Å². The fraction of sp³-hybridized carbons (Fsp3) is 0.640. The Morgan fingerprint density at radius 3 is 2.03 bits per heavy atom. The molecule has 1 aromatic rings. The van der Waals surface area contributed by atoms with Gasteiger partial charge in [0.2, 0.25) is 5.91 Å². The van der Waals surface area contributed by atoms with Gasteiger partial charge < -0.3 is 15.5 Å². The van der Waals surface area contributed by atoms with Crippen molar-refractivity contribution >= 4 is 5.91 Å². The van der Waals surface area contributed by atoms with Crippen LogP contribution in [0.3, 0.4) is 0 Å². The van der Waals surface area contributed by atoms with Gasteiger partial charge in [-0.2, -0.15) is 26.3 Å². The summed E-state index contributed by atoms with van der Waals surface area (Å²) in [6.07, 6.45) is -3.71. The molecular weight excluding hydrogens is 472 g/mol. The highest BCUT2D eigenvalue weighted by Gasteiger charge is 2.37. The lowest BCUT2D eigenvalue weighted by molar-refractivity contribution is -0.143. The molecule has 10 heteroatoms. The van der Waals surface area contributed by atoms with Crippen molar-refractivity contribution in [2.24, 2.45) is 11.8 Å². The van der Waals surface area contributed by atoms with Gasteiger partial charge in [0.25, 0.3) is 0 Å². The monoisotopic (exact) mass is 505 g/mol. The van der Waals surface area contributed by atoms with E-state index in [1.165, 1.54) is 25.7 Å². The molecule has 1 aliphatic heterocycles. The molecule has 2 aliphatic rings. The summed E-state index contributed by atoms with van der Waals surface area (Å²) in [6, 6.07) is 1.26. The van der Waals surface area contributed by atoms with Gasteiger partial charge in [-0.25, -0.2) is 0 Å². The molecule has 0 unspecified atom stereocenters. The number of nitrogens with zero attached hydrogens (tertiary/aromatic N) is 1. The summed E-state index contributed by atoms with van der Waals surface area (Å²) in [5, 5.41) is 6.12. The van der Waals surface area contributed by atoms with E-state index in [9.17, 15) is 31.1 Å². The van der Waals surface area contributed by atoms with Crippen molar-refractivity contribution in [1.82, 2.24) is 15.5 Å². The molecule has 196 valence electrons. The molecule has 0 spiro atoms. The van der Waals surface area contributed by atoms with E-state index in [2.05, 4.69) is 22.1 Å². The van der Waals surface area contributed by atoms with Gasteiger partial charge in [0.05, 0.1) is 17.5 Å². The van der Waals surface area contributed by atoms with E-state index in [1.54, 1.807) is 0 Å². The number of hydrogen-bond acceptors (Lipinski definition) is 3. The third-order valence-electron chi connectivity index (χ3n) is 6.94. The summed E-state index contributed by atoms with van der Waals surface area (Å²) in [6.45, 7) is 8.01. The summed E-state index contributed by atoms with van der Waals surface area (Å²) >= 11 is 0. The minimum Gasteiger partial charge on any atom is -0.387 e. The highest BCUT2D eigenvalue weighted by Crippen LogP contribution is 2.36. The van der Waals surface area contributed by atoms with Crippen LogP contribution in [0.1, 0.15) is 55.2 Å². The topological polar surface area (TPSA) is 44.4 Å². The van der Waals surface area contributed by atoms with Gasteiger partial charge in [-0.15, -0.1) is 0 Å². The van der Waals surface area contributed by atoms with Gasteiger partial charge in [0.15, 0.2) is 0 Å². The second kappa shape index (κ2) is 11.7. The van der Waals surface area contributed by atoms with Crippen LogP contribution in [0.15, 0.2) is 30.5 Å². The maximum Gasteiger partial charge on any atom is 0.416 e. The van der Waals surface area contributed by atoms with Gasteiger partial charge in [-0.1, -0.05) is 19.4 Å². The second-order valence-corrected chi connectivity index (χ2v) is 9.61. The number of likely N-dealkylation sites (tertiary alicyclic amines) is 1. The van der Waals surface area contributed by atoms with Crippen molar-refractivity contribution < 1.29 is 31.1 Å². The van der Waals surface area contributed by atoms with Crippen LogP contribution in [0, 0.1) is 11.8 Å². The number of rotatable bonds is 9. The zero-order chi connectivity index (χ0) is 25.6. The number of benzene rings is 1. The van der Waals surface area contributed by atoms with Crippen molar-refractivity contribution in [2.45, 2.75) is 57.3 Å². The minimum atomic E-state index is -4.93. The molecule has 35 heavy (non-hydrogen) atoms. The number of hydrogen-bond donors (Lipinski definition) is 2. The summed E-state index contributed by atoms with van der Waals surface area (Å²) in [4.78, 5) is 14.6. The fourth-order valence-electron chi connectivity index (χ4n) is 4.83. The van der Waals surface area contributed by atoms with Crippen LogP contribution in [0.2, 0.25) is 0 Å². The zero-order valence-electron chi connectivity index (χ0n) is 19.7. The predicted molar refractivity (Wildman–Crippen MR) is 121 cm³/mol. The zero-order valence-corrected chi connectivity index (χ0v) is 19.7. The van der Waals surface area contributed by atoms with E-state index in [4.69, 9.17) is 0 Å². The minimum absolute atomic E-state index is 0.0648. The SMILES string of the molecule is C=C(NCCN1CCC(CNC(=O)Cc2cc(C(F)(F)F)cc(C(F)(F)F)c2)CC1)C1CCCC1. The Hall–Kier alpha value is -2.23. The van der Waals surface area contributed by atoms with Crippen LogP contribution in [0.4, 0.5) is 26.3 Å². The van der Waals surface area contributed by atoms with E-state index >= 15 is 0 Å². The molecule has 3 rings (SSSR count). The standard InChI is InChI=1S/C25H33F6N3O/c1-17(20-4-2-3-5-20)32-8-11-34-9-6-18(7-10-34)16-33-23(35)14-19-12-21(24(26,27)28)15-22(13-19)25(29,30)31/h12-13,15,18,20,32H,1-11,14,16H2,(H,33,35). The summed E-state index contributed by atoms with van der Waals surface area (Å²) in [5.41, 5.74) is -2.01. The van der Waals surface area contributed by atoms with Crippen LogP contribution < -0.4 is 10.6 Å². The van der Waals surface area contributed by atoms with E-state index < -0.39 is 35.8 Å². The number of carbonyl (C=O) groups is 1.